The van der Waals surface area contributed by atoms with Crippen molar-refractivity contribution in [2.24, 2.45) is 0 Å². The Kier molecular flexibility index (Phi) is 7.95. The van der Waals surface area contributed by atoms with Gasteiger partial charge in [-0.25, -0.2) is 27.2 Å². The number of rotatable bonds is 8. The van der Waals surface area contributed by atoms with Gasteiger partial charge in [0.25, 0.3) is 0 Å². The number of benzene rings is 2. The Morgan fingerprint density at radius 1 is 0.674 bits per heavy atom. The van der Waals surface area contributed by atoms with E-state index in [1.165, 1.54) is 46.9 Å². The first-order chi connectivity index (χ1) is 20.7. The van der Waals surface area contributed by atoms with Crippen LogP contribution in [0, 0.1) is 25.5 Å². The van der Waals surface area contributed by atoms with E-state index in [2.05, 4.69) is 19.9 Å². The lowest BCUT2D eigenvalue weighted by Crippen LogP contribution is -2.10. The smallest absolute Gasteiger partial charge is 0.158 e. The molecule has 2 aromatic carbocycles. The fourth-order valence-corrected chi connectivity index (χ4v) is 7.55. The highest BCUT2D eigenvalue weighted by molar-refractivity contribution is 7.89. The van der Waals surface area contributed by atoms with Gasteiger partial charge < -0.3 is 0 Å². The summed E-state index contributed by atoms with van der Waals surface area (Å²) in [5.41, 5.74) is 5.08. The van der Waals surface area contributed by atoms with Crippen LogP contribution < -0.4 is 0 Å². The Bertz CT molecular complexity index is 1930. The molecule has 0 saturated carbocycles. The fraction of sp³-hybridized carbons (Fsp3) is 0.125. The van der Waals surface area contributed by atoms with Crippen LogP contribution in [0.3, 0.4) is 0 Å². The Morgan fingerprint density at radius 2 is 1.12 bits per heavy atom. The Labute approximate surface area is 255 Å². The molecule has 216 valence electrons. The van der Waals surface area contributed by atoms with Crippen molar-refractivity contribution in [1.29, 1.82) is 0 Å². The van der Waals surface area contributed by atoms with Gasteiger partial charge in [0.05, 0.1) is 44.3 Å². The van der Waals surface area contributed by atoms with E-state index in [9.17, 15) is 8.42 Å². The molecule has 0 radical (unpaired) electrons. The van der Waals surface area contributed by atoms with E-state index in [1.54, 1.807) is 36.7 Å². The van der Waals surface area contributed by atoms with Gasteiger partial charge in [0.15, 0.2) is 9.84 Å². The number of hydrogen-bond donors (Lipinski definition) is 0. The van der Waals surface area contributed by atoms with Crippen molar-refractivity contribution >= 4 is 32.5 Å². The van der Waals surface area contributed by atoms with Gasteiger partial charge in [-0.2, -0.15) is 0 Å². The molecule has 0 fully saturated rings. The summed E-state index contributed by atoms with van der Waals surface area (Å²) in [4.78, 5) is 17.9. The van der Waals surface area contributed by atoms with Crippen LogP contribution in [-0.4, -0.2) is 28.4 Å². The molecule has 0 bridgehead atoms. The van der Waals surface area contributed by atoms with Crippen LogP contribution in [0.25, 0.3) is 45.0 Å². The normalized spacial score (nSPS) is 11.6. The van der Waals surface area contributed by atoms with Crippen molar-refractivity contribution in [2.45, 2.75) is 25.4 Å². The Morgan fingerprint density at radius 3 is 1.49 bits per heavy atom. The molecule has 0 aliphatic rings. The molecule has 0 spiro atoms. The average molecular weight is 631 g/mol. The molecule has 6 nitrogen and oxygen atoms in total. The van der Waals surface area contributed by atoms with Crippen molar-refractivity contribution in [3.8, 4) is 45.0 Å². The molecule has 0 aliphatic carbocycles. The van der Waals surface area contributed by atoms with E-state index in [4.69, 9.17) is 0 Å². The molecule has 0 saturated heterocycles. The van der Waals surface area contributed by atoms with Crippen molar-refractivity contribution in [1.82, 2.24) is 19.9 Å². The molecule has 11 heteroatoms. The lowest BCUT2D eigenvalue weighted by molar-refractivity contribution is 0.581. The minimum absolute atomic E-state index is 0.000513. The second-order valence-corrected chi connectivity index (χ2v) is 14.1. The summed E-state index contributed by atoms with van der Waals surface area (Å²) < 4.78 is 56.7. The van der Waals surface area contributed by atoms with E-state index in [0.717, 1.165) is 32.5 Å². The zero-order valence-electron chi connectivity index (χ0n) is 23.1. The first-order valence-electron chi connectivity index (χ1n) is 13.2. The van der Waals surface area contributed by atoms with Crippen LogP contribution in [0.4, 0.5) is 8.78 Å². The van der Waals surface area contributed by atoms with E-state index >= 15 is 8.78 Å². The molecule has 6 aromatic rings. The number of nitrogens with zero attached hydrogens (tertiary/aromatic N) is 4. The number of aryl methyl sites for hydroxylation is 2. The molecular weight excluding hydrogens is 607 g/mol. The largest absolute Gasteiger partial charge is 0.256 e. The van der Waals surface area contributed by atoms with Crippen LogP contribution in [0.5, 0.6) is 0 Å². The third-order valence-corrected chi connectivity index (χ3v) is 9.86. The van der Waals surface area contributed by atoms with Gasteiger partial charge >= 0.3 is 0 Å². The van der Waals surface area contributed by atoms with Crippen LogP contribution in [-0.2, 0) is 21.3 Å². The molecule has 0 N–H and O–H groups in total. The zero-order chi connectivity index (χ0) is 30.1. The minimum Gasteiger partial charge on any atom is -0.256 e. The van der Waals surface area contributed by atoms with Crippen molar-refractivity contribution in [2.75, 3.05) is 0 Å². The molecule has 6 rings (SSSR count). The molecule has 0 aliphatic heterocycles. The van der Waals surface area contributed by atoms with Crippen molar-refractivity contribution in [3.05, 3.63) is 117 Å². The van der Waals surface area contributed by atoms with Crippen LogP contribution in [0.2, 0.25) is 0 Å². The summed E-state index contributed by atoms with van der Waals surface area (Å²) in [5.74, 6) is -2.51. The SMILES string of the molecule is Cc1nc(-c2cccnc2-c2ccc(CS(=O)(=O)Cc3ccc(-c4ncccc4-c4csc(C)n4)cc3F)c(F)c2)cs1. The number of thiazole rings is 2. The van der Waals surface area contributed by atoms with Crippen molar-refractivity contribution < 1.29 is 17.2 Å². The average Bonchev–Trinajstić information content (AvgIpc) is 3.63. The van der Waals surface area contributed by atoms with E-state index in [-0.39, 0.29) is 11.1 Å². The standard InChI is InChI=1S/C32H24F2N4O2S3/c1-19-37-29(15-41-19)25-5-3-11-35-31(25)21-7-9-23(27(33)13-21)17-43(39,40)18-24-10-8-22(14-28(24)34)32-26(6-4-12-36-32)30-16-42-20(2)38-30/h3-16H,17-18H2,1-2H3. The Hall–Kier alpha value is -4.19. The second-order valence-electron chi connectivity index (χ2n) is 9.95. The first-order valence-corrected chi connectivity index (χ1v) is 16.8. The maximum atomic E-state index is 15.3. The number of hydrogen-bond acceptors (Lipinski definition) is 8. The third kappa shape index (κ3) is 6.29. The highest BCUT2D eigenvalue weighted by Crippen LogP contribution is 2.34. The number of pyridine rings is 2. The molecule has 0 amide bonds. The molecule has 0 atom stereocenters. The van der Waals surface area contributed by atoms with Gasteiger partial charge in [-0.1, -0.05) is 24.3 Å². The van der Waals surface area contributed by atoms with Gasteiger partial charge in [-0.05, 0) is 50.2 Å². The maximum Gasteiger partial charge on any atom is 0.158 e. The molecule has 0 unspecified atom stereocenters. The summed E-state index contributed by atoms with van der Waals surface area (Å²) in [7, 11) is -3.91. The highest BCUT2D eigenvalue weighted by atomic mass is 32.2. The maximum absolute atomic E-state index is 15.3. The quantitative estimate of drug-likeness (QED) is 0.169. The van der Waals surface area contributed by atoms with Crippen LogP contribution in [0.15, 0.2) is 83.8 Å². The predicted octanol–water partition coefficient (Wildman–Crippen LogP) is 8.07. The van der Waals surface area contributed by atoms with Gasteiger partial charge in [0.1, 0.15) is 11.6 Å². The molecule has 4 aromatic heterocycles. The summed E-state index contributed by atoms with van der Waals surface area (Å²) in [6, 6.07) is 16.0. The summed E-state index contributed by atoms with van der Waals surface area (Å²) in [5, 5.41) is 5.62. The summed E-state index contributed by atoms with van der Waals surface area (Å²) >= 11 is 3.01. The zero-order valence-corrected chi connectivity index (χ0v) is 25.5. The van der Waals surface area contributed by atoms with Crippen LogP contribution >= 0.6 is 22.7 Å². The molecule has 4 heterocycles. The Balaban J connectivity index is 1.22. The monoisotopic (exact) mass is 630 g/mol. The number of aromatic nitrogens is 4. The molecular formula is C32H24F2N4O2S3. The molecule has 43 heavy (non-hydrogen) atoms. The number of sulfone groups is 1. The summed E-state index contributed by atoms with van der Waals surface area (Å²) in [6.45, 7) is 3.81. The lowest BCUT2D eigenvalue weighted by Gasteiger charge is -2.11. The van der Waals surface area contributed by atoms with E-state index in [1.807, 2.05) is 36.7 Å². The van der Waals surface area contributed by atoms with Gasteiger partial charge in [0, 0.05) is 56.5 Å². The van der Waals surface area contributed by atoms with E-state index in [0.29, 0.717) is 22.5 Å². The fourth-order valence-electron chi connectivity index (χ4n) is 4.81. The van der Waals surface area contributed by atoms with Gasteiger partial charge in [-0.15, -0.1) is 22.7 Å². The lowest BCUT2D eigenvalue weighted by atomic mass is 10.0. The summed E-state index contributed by atoms with van der Waals surface area (Å²) in [6.07, 6.45) is 3.23. The van der Waals surface area contributed by atoms with Gasteiger partial charge in [0.2, 0.25) is 0 Å². The van der Waals surface area contributed by atoms with Crippen LogP contribution in [0.1, 0.15) is 21.1 Å². The minimum atomic E-state index is -3.91. The second kappa shape index (κ2) is 11.8. The van der Waals surface area contributed by atoms with E-state index < -0.39 is 33.0 Å². The highest BCUT2D eigenvalue weighted by Gasteiger charge is 2.21. The topological polar surface area (TPSA) is 85.7 Å². The van der Waals surface area contributed by atoms with Crippen molar-refractivity contribution in [3.63, 3.8) is 0 Å². The predicted molar refractivity (Wildman–Crippen MR) is 167 cm³/mol. The first kappa shape index (κ1) is 28.9. The van der Waals surface area contributed by atoms with Gasteiger partial charge in [-0.3, -0.25) is 9.97 Å². The third-order valence-electron chi connectivity index (χ3n) is 6.81. The number of halogens is 2.